The molecule has 7 nitrogen and oxygen atoms in total. The predicted molar refractivity (Wildman–Crippen MR) is 161 cm³/mol. The average molecular weight is 557 g/mol. The van der Waals surface area contributed by atoms with Gasteiger partial charge >= 0.3 is 0 Å². The number of hydrogen-bond acceptors (Lipinski definition) is 4. The van der Waals surface area contributed by atoms with E-state index in [2.05, 4.69) is 52.0 Å². The molecule has 3 amide bonds. The number of benzene rings is 1. The van der Waals surface area contributed by atoms with Gasteiger partial charge < -0.3 is 15.5 Å². The second kappa shape index (κ2) is 13.0. The molecule has 1 aliphatic heterocycles. The van der Waals surface area contributed by atoms with E-state index >= 15 is 0 Å². The summed E-state index contributed by atoms with van der Waals surface area (Å²) >= 11 is 0. The lowest BCUT2D eigenvalue weighted by atomic mass is 9.74. The standard InChI is InChI=1S/C34H44N4O3/c1-3-24(2)30(33(41)38-20-17-34(18-21-38)16-15-26-12-7-8-14-28(26)34)37-32(40)29(22-25-10-5-4-6-11-25)36-31(39)27-13-9-19-35-23-27/h7-9,12-16,19,23-25,29-30H,3-6,10-11,17-18,20-22H2,1-2H3,(H,36,39)(H,37,40)/t24-,29-,30-/m0/s1. The molecule has 2 N–H and O–H groups in total. The summed E-state index contributed by atoms with van der Waals surface area (Å²) in [6.07, 6.45) is 16.4. The molecule has 0 unspecified atom stereocenters. The fourth-order valence-corrected chi connectivity index (χ4v) is 6.86. The molecule has 0 bridgehead atoms. The monoisotopic (exact) mass is 556 g/mol. The molecule has 3 atom stereocenters. The van der Waals surface area contributed by atoms with Crippen LogP contribution in [0.3, 0.4) is 0 Å². The van der Waals surface area contributed by atoms with Gasteiger partial charge in [0.15, 0.2) is 0 Å². The number of hydrogen-bond donors (Lipinski definition) is 2. The largest absolute Gasteiger partial charge is 0.342 e. The molecule has 1 saturated carbocycles. The lowest BCUT2D eigenvalue weighted by Gasteiger charge is -2.41. The van der Waals surface area contributed by atoms with Gasteiger partial charge in [-0.2, -0.15) is 0 Å². The summed E-state index contributed by atoms with van der Waals surface area (Å²) in [5.74, 6) is -0.252. The van der Waals surface area contributed by atoms with Crippen molar-refractivity contribution in [3.8, 4) is 0 Å². The van der Waals surface area contributed by atoms with E-state index in [-0.39, 0.29) is 29.1 Å². The van der Waals surface area contributed by atoms with E-state index in [9.17, 15) is 14.4 Å². The van der Waals surface area contributed by atoms with E-state index in [0.29, 0.717) is 31.0 Å². The SMILES string of the molecule is CC[C@H](C)[C@H](NC(=O)[C@H](CC1CCCCC1)NC(=O)c1cccnc1)C(=O)N1CCC2(C=Cc3ccccc32)CC1. The van der Waals surface area contributed by atoms with Crippen LogP contribution in [0.4, 0.5) is 0 Å². The molecule has 1 saturated heterocycles. The lowest BCUT2D eigenvalue weighted by Crippen LogP contribution is -2.58. The Balaban J connectivity index is 1.28. The Morgan fingerprint density at radius 2 is 1.78 bits per heavy atom. The molecule has 0 radical (unpaired) electrons. The number of aromatic nitrogens is 1. The van der Waals surface area contributed by atoms with Gasteiger partial charge in [0.1, 0.15) is 12.1 Å². The van der Waals surface area contributed by atoms with Crippen LogP contribution in [0, 0.1) is 11.8 Å². The summed E-state index contributed by atoms with van der Waals surface area (Å²) < 4.78 is 0. The Labute approximate surface area is 244 Å². The van der Waals surface area contributed by atoms with Crippen molar-refractivity contribution in [2.75, 3.05) is 13.1 Å². The minimum Gasteiger partial charge on any atom is -0.342 e. The molecule has 2 fully saturated rings. The fourth-order valence-electron chi connectivity index (χ4n) is 6.86. The van der Waals surface area contributed by atoms with Gasteiger partial charge in [0.05, 0.1) is 5.56 Å². The Morgan fingerprint density at radius 1 is 1.02 bits per heavy atom. The van der Waals surface area contributed by atoms with Crippen molar-refractivity contribution in [1.29, 1.82) is 0 Å². The van der Waals surface area contributed by atoms with Crippen molar-refractivity contribution in [3.05, 3.63) is 71.6 Å². The quantitative estimate of drug-likeness (QED) is 0.440. The number of rotatable bonds is 9. The van der Waals surface area contributed by atoms with Crippen LogP contribution in [0.5, 0.6) is 0 Å². The number of fused-ring (bicyclic) bond motifs is 2. The lowest BCUT2D eigenvalue weighted by molar-refractivity contribution is -0.139. The number of nitrogens with one attached hydrogen (secondary N) is 2. The van der Waals surface area contributed by atoms with Crippen molar-refractivity contribution >= 4 is 23.8 Å². The van der Waals surface area contributed by atoms with Crippen LogP contribution >= 0.6 is 0 Å². The zero-order chi connectivity index (χ0) is 28.8. The zero-order valence-electron chi connectivity index (χ0n) is 24.5. The predicted octanol–water partition coefficient (Wildman–Crippen LogP) is 5.27. The van der Waals surface area contributed by atoms with Gasteiger partial charge in [-0.25, -0.2) is 0 Å². The van der Waals surface area contributed by atoms with E-state index in [4.69, 9.17) is 0 Å². The summed E-state index contributed by atoms with van der Waals surface area (Å²) in [6.45, 7) is 5.38. The van der Waals surface area contributed by atoms with E-state index in [1.165, 1.54) is 23.7 Å². The molecule has 3 aliphatic rings. The third-order valence-corrected chi connectivity index (χ3v) is 9.66. The Morgan fingerprint density at radius 3 is 2.49 bits per heavy atom. The first-order valence-electron chi connectivity index (χ1n) is 15.5. The smallest absolute Gasteiger partial charge is 0.253 e. The number of carbonyl (C=O) groups is 3. The molecule has 218 valence electrons. The minimum atomic E-state index is -0.699. The summed E-state index contributed by atoms with van der Waals surface area (Å²) in [5.41, 5.74) is 3.04. The number of likely N-dealkylation sites (tertiary alicyclic amines) is 1. The maximum Gasteiger partial charge on any atom is 0.253 e. The van der Waals surface area contributed by atoms with E-state index in [0.717, 1.165) is 44.9 Å². The van der Waals surface area contributed by atoms with Crippen LogP contribution in [-0.2, 0) is 15.0 Å². The van der Waals surface area contributed by atoms with Gasteiger partial charge in [0.25, 0.3) is 5.91 Å². The number of carbonyl (C=O) groups excluding carboxylic acids is 3. The molecular weight excluding hydrogens is 512 g/mol. The van der Waals surface area contributed by atoms with Crippen LogP contribution in [-0.4, -0.2) is 52.8 Å². The van der Waals surface area contributed by atoms with Crippen molar-refractivity contribution in [2.24, 2.45) is 11.8 Å². The Bertz CT molecular complexity index is 1250. The van der Waals surface area contributed by atoms with Crippen molar-refractivity contribution in [2.45, 2.75) is 89.1 Å². The van der Waals surface area contributed by atoms with Gasteiger partial charge in [-0.05, 0) is 54.4 Å². The van der Waals surface area contributed by atoms with Gasteiger partial charge in [0, 0.05) is 30.9 Å². The van der Waals surface area contributed by atoms with E-state index in [1.54, 1.807) is 18.3 Å². The molecule has 1 aromatic carbocycles. The molecule has 2 heterocycles. The van der Waals surface area contributed by atoms with Crippen LogP contribution in [0.2, 0.25) is 0 Å². The molecule has 5 rings (SSSR count). The van der Waals surface area contributed by atoms with Crippen LogP contribution in [0.1, 0.15) is 93.1 Å². The molecule has 1 aromatic heterocycles. The highest BCUT2D eigenvalue weighted by Gasteiger charge is 2.41. The molecule has 1 spiro atoms. The zero-order valence-corrected chi connectivity index (χ0v) is 24.5. The molecule has 2 aromatic rings. The number of amides is 3. The van der Waals surface area contributed by atoms with Crippen molar-refractivity contribution in [1.82, 2.24) is 20.5 Å². The first-order chi connectivity index (χ1) is 19.9. The van der Waals surface area contributed by atoms with Crippen LogP contribution < -0.4 is 10.6 Å². The van der Waals surface area contributed by atoms with Crippen LogP contribution in [0.25, 0.3) is 6.08 Å². The Kier molecular flexibility index (Phi) is 9.21. The van der Waals surface area contributed by atoms with Gasteiger partial charge in [0.2, 0.25) is 11.8 Å². The van der Waals surface area contributed by atoms with Crippen molar-refractivity contribution < 1.29 is 14.4 Å². The second-order valence-corrected chi connectivity index (χ2v) is 12.3. The van der Waals surface area contributed by atoms with E-state index in [1.807, 2.05) is 18.7 Å². The molecular formula is C34H44N4O3. The van der Waals surface area contributed by atoms with Gasteiger partial charge in [-0.3, -0.25) is 19.4 Å². The number of allylic oxidation sites excluding steroid dienone is 1. The maximum atomic E-state index is 13.9. The third-order valence-electron chi connectivity index (χ3n) is 9.66. The number of piperidine rings is 1. The normalized spacial score (nSPS) is 20.2. The second-order valence-electron chi connectivity index (χ2n) is 12.3. The summed E-state index contributed by atoms with van der Waals surface area (Å²) in [7, 11) is 0. The summed E-state index contributed by atoms with van der Waals surface area (Å²) in [6, 6.07) is 10.6. The van der Waals surface area contributed by atoms with Gasteiger partial charge in [-0.15, -0.1) is 0 Å². The average Bonchev–Trinajstić information content (AvgIpc) is 3.37. The highest BCUT2D eigenvalue weighted by molar-refractivity contribution is 5.98. The van der Waals surface area contributed by atoms with E-state index < -0.39 is 12.1 Å². The Hall–Kier alpha value is -3.48. The topological polar surface area (TPSA) is 91.4 Å². The van der Waals surface area contributed by atoms with Crippen LogP contribution in [0.15, 0.2) is 54.9 Å². The first kappa shape index (κ1) is 29.0. The fraction of sp³-hybridized carbons (Fsp3) is 0.529. The maximum absolute atomic E-state index is 13.9. The summed E-state index contributed by atoms with van der Waals surface area (Å²) in [5, 5.41) is 6.09. The third kappa shape index (κ3) is 6.55. The molecule has 41 heavy (non-hydrogen) atoms. The van der Waals surface area contributed by atoms with Crippen molar-refractivity contribution in [3.63, 3.8) is 0 Å². The van der Waals surface area contributed by atoms with Gasteiger partial charge in [-0.1, -0.05) is 88.8 Å². The first-order valence-corrected chi connectivity index (χ1v) is 15.5. The summed E-state index contributed by atoms with van der Waals surface area (Å²) in [4.78, 5) is 46.8. The minimum absolute atomic E-state index is 0.00976. The molecule has 2 aliphatic carbocycles. The molecule has 7 heteroatoms. The highest BCUT2D eigenvalue weighted by atomic mass is 16.2. The number of nitrogens with zero attached hydrogens (tertiary/aromatic N) is 2. The highest BCUT2D eigenvalue weighted by Crippen LogP contribution is 2.43. The number of pyridine rings is 1.